The van der Waals surface area contributed by atoms with Crippen molar-refractivity contribution < 1.29 is 4.74 Å². The second-order valence-corrected chi connectivity index (χ2v) is 6.70. The predicted octanol–water partition coefficient (Wildman–Crippen LogP) is 2.10. The predicted molar refractivity (Wildman–Crippen MR) is 86.4 cm³/mol. The Morgan fingerprint density at radius 2 is 2.05 bits per heavy atom. The molecule has 3 rings (SSSR count). The Morgan fingerprint density at radius 1 is 1.27 bits per heavy atom. The first-order chi connectivity index (χ1) is 10.7. The SMILES string of the molecule is CN(CC1CC1)CC1CN(Cc2ccc(C#N)cc2)CCO1. The number of ether oxygens (including phenoxy) is 1. The Labute approximate surface area is 133 Å². The van der Waals surface area contributed by atoms with Gasteiger partial charge in [-0.05, 0) is 43.5 Å². The van der Waals surface area contributed by atoms with Crippen LogP contribution in [-0.2, 0) is 11.3 Å². The first-order valence-corrected chi connectivity index (χ1v) is 8.24. The molecular weight excluding hydrogens is 274 g/mol. The maximum absolute atomic E-state index is 8.85. The van der Waals surface area contributed by atoms with Gasteiger partial charge >= 0.3 is 0 Å². The van der Waals surface area contributed by atoms with Crippen molar-refractivity contribution in [1.29, 1.82) is 5.26 Å². The van der Waals surface area contributed by atoms with Crippen LogP contribution < -0.4 is 0 Å². The fourth-order valence-corrected chi connectivity index (χ4v) is 3.14. The molecule has 1 saturated heterocycles. The lowest BCUT2D eigenvalue weighted by molar-refractivity contribution is -0.0434. The van der Waals surface area contributed by atoms with Crippen LogP contribution in [0.2, 0.25) is 0 Å². The van der Waals surface area contributed by atoms with E-state index in [0.29, 0.717) is 6.10 Å². The van der Waals surface area contributed by atoms with E-state index in [1.165, 1.54) is 24.9 Å². The van der Waals surface area contributed by atoms with Crippen molar-refractivity contribution in [2.75, 3.05) is 39.8 Å². The van der Waals surface area contributed by atoms with Crippen molar-refractivity contribution in [3.63, 3.8) is 0 Å². The molecule has 1 aliphatic carbocycles. The third-order valence-corrected chi connectivity index (χ3v) is 4.49. The summed E-state index contributed by atoms with van der Waals surface area (Å²) >= 11 is 0. The Balaban J connectivity index is 1.47. The molecule has 118 valence electrons. The molecule has 1 aliphatic heterocycles. The van der Waals surface area contributed by atoms with Crippen LogP contribution in [0.4, 0.5) is 0 Å². The number of morpholine rings is 1. The van der Waals surface area contributed by atoms with Crippen LogP contribution in [0.15, 0.2) is 24.3 Å². The quantitative estimate of drug-likeness (QED) is 0.806. The van der Waals surface area contributed by atoms with Crippen molar-refractivity contribution in [2.24, 2.45) is 5.92 Å². The average Bonchev–Trinajstić information content (AvgIpc) is 3.32. The summed E-state index contributed by atoms with van der Waals surface area (Å²) in [6.07, 6.45) is 3.12. The third-order valence-electron chi connectivity index (χ3n) is 4.49. The van der Waals surface area contributed by atoms with Crippen LogP contribution in [0.5, 0.6) is 0 Å². The fraction of sp³-hybridized carbons (Fsp3) is 0.611. The van der Waals surface area contributed by atoms with Crippen molar-refractivity contribution >= 4 is 0 Å². The van der Waals surface area contributed by atoms with Gasteiger partial charge in [-0.15, -0.1) is 0 Å². The van der Waals surface area contributed by atoms with E-state index in [-0.39, 0.29) is 0 Å². The molecule has 1 atom stereocenters. The van der Waals surface area contributed by atoms with Crippen molar-refractivity contribution in [3.8, 4) is 6.07 Å². The summed E-state index contributed by atoms with van der Waals surface area (Å²) in [6.45, 7) is 5.99. The summed E-state index contributed by atoms with van der Waals surface area (Å²) in [5, 5.41) is 8.85. The highest BCUT2D eigenvalue weighted by atomic mass is 16.5. The van der Waals surface area contributed by atoms with Crippen molar-refractivity contribution in [1.82, 2.24) is 9.80 Å². The van der Waals surface area contributed by atoms with Crippen LogP contribution >= 0.6 is 0 Å². The molecule has 2 aliphatic rings. The van der Waals surface area contributed by atoms with E-state index < -0.39 is 0 Å². The largest absolute Gasteiger partial charge is 0.374 e. The molecule has 22 heavy (non-hydrogen) atoms. The van der Waals surface area contributed by atoms with Gasteiger partial charge in [-0.2, -0.15) is 5.26 Å². The topological polar surface area (TPSA) is 39.5 Å². The summed E-state index contributed by atoms with van der Waals surface area (Å²) in [5.74, 6) is 0.934. The summed E-state index contributed by atoms with van der Waals surface area (Å²) in [4.78, 5) is 4.88. The standard InChI is InChI=1S/C18H25N3O/c1-20(11-16-6-7-16)13-18-14-21(8-9-22-18)12-17-4-2-15(10-19)3-5-17/h2-5,16,18H,6-9,11-14H2,1H3. The molecule has 1 saturated carbocycles. The van der Waals surface area contributed by atoms with Crippen LogP contribution in [0.25, 0.3) is 0 Å². The molecule has 0 spiro atoms. The number of rotatable bonds is 6. The second-order valence-electron chi connectivity index (χ2n) is 6.70. The number of nitriles is 1. The number of hydrogen-bond acceptors (Lipinski definition) is 4. The molecule has 4 heteroatoms. The van der Waals surface area contributed by atoms with Gasteiger partial charge < -0.3 is 9.64 Å². The smallest absolute Gasteiger partial charge is 0.0991 e. The lowest BCUT2D eigenvalue weighted by atomic mass is 10.1. The molecule has 0 aromatic heterocycles. The summed E-state index contributed by atoms with van der Waals surface area (Å²) in [7, 11) is 2.21. The van der Waals surface area contributed by atoms with Gasteiger partial charge in [0.1, 0.15) is 0 Å². The maximum atomic E-state index is 8.85. The van der Waals surface area contributed by atoms with E-state index in [0.717, 1.165) is 44.3 Å². The van der Waals surface area contributed by atoms with E-state index in [4.69, 9.17) is 10.00 Å². The molecule has 1 unspecified atom stereocenters. The first-order valence-electron chi connectivity index (χ1n) is 8.24. The molecule has 2 fully saturated rings. The number of hydrogen-bond donors (Lipinski definition) is 0. The Kier molecular flexibility index (Phi) is 5.09. The Hall–Kier alpha value is -1.41. The number of benzene rings is 1. The van der Waals surface area contributed by atoms with Crippen molar-refractivity contribution in [3.05, 3.63) is 35.4 Å². The van der Waals surface area contributed by atoms with Gasteiger partial charge in [-0.1, -0.05) is 12.1 Å². The van der Waals surface area contributed by atoms with Gasteiger partial charge in [-0.25, -0.2) is 0 Å². The Bertz CT molecular complexity index is 518. The molecule has 0 bridgehead atoms. The molecule has 0 amide bonds. The minimum atomic E-state index is 0.316. The summed E-state index contributed by atoms with van der Waals surface area (Å²) < 4.78 is 5.93. The zero-order valence-electron chi connectivity index (χ0n) is 13.4. The van der Waals surface area contributed by atoms with Crippen LogP contribution in [0.1, 0.15) is 24.0 Å². The van der Waals surface area contributed by atoms with E-state index in [9.17, 15) is 0 Å². The zero-order valence-corrected chi connectivity index (χ0v) is 13.4. The highest BCUT2D eigenvalue weighted by Crippen LogP contribution is 2.29. The average molecular weight is 299 g/mol. The number of likely N-dealkylation sites (N-methyl/N-ethyl adjacent to an activating group) is 1. The monoisotopic (exact) mass is 299 g/mol. The normalized spacial score (nSPS) is 22.7. The fourth-order valence-electron chi connectivity index (χ4n) is 3.14. The lowest BCUT2D eigenvalue weighted by Gasteiger charge is -2.35. The van der Waals surface area contributed by atoms with E-state index >= 15 is 0 Å². The lowest BCUT2D eigenvalue weighted by Crippen LogP contribution is -2.46. The van der Waals surface area contributed by atoms with E-state index in [1.807, 2.05) is 12.1 Å². The van der Waals surface area contributed by atoms with Crippen LogP contribution in [0, 0.1) is 17.2 Å². The van der Waals surface area contributed by atoms with Gasteiger partial charge in [-0.3, -0.25) is 4.90 Å². The number of nitrogens with zero attached hydrogens (tertiary/aromatic N) is 3. The van der Waals surface area contributed by atoms with Crippen molar-refractivity contribution in [2.45, 2.75) is 25.5 Å². The minimum absolute atomic E-state index is 0.316. The van der Waals surface area contributed by atoms with Gasteiger partial charge in [0.05, 0.1) is 24.3 Å². The highest BCUT2D eigenvalue weighted by Gasteiger charge is 2.26. The molecule has 1 heterocycles. The molecule has 1 aromatic rings. The zero-order chi connectivity index (χ0) is 15.4. The first kappa shape index (κ1) is 15.5. The molecular formula is C18H25N3O. The molecule has 0 radical (unpaired) electrons. The van der Waals surface area contributed by atoms with Gasteiger partial charge in [0, 0.05) is 32.7 Å². The summed E-state index contributed by atoms with van der Waals surface area (Å²) in [5.41, 5.74) is 2.00. The van der Waals surface area contributed by atoms with Gasteiger partial charge in [0.2, 0.25) is 0 Å². The van der Waals surface area contributed by atoms with Gasteiger partial charge in [0.15, 0.2) is 0 Å². The van der Waals surface area contributed by atoms with Crippen LogP contribution in [0.3, 0.4) is 0 Å². The maximum Gasteiger partial charge on any atom is 0.0991 e. The third kappa shape index (κ3) is 4.54. The molecule has 4 nitrogen and oxygen atoms in total. The second kappa shape index (κ2) is 7.23. The molecule has 0 N–H and O–H groups in total. The van der Waals surface area contributed by atoms with E-state index in [1.54, 1.807) is 0 Å². The highest BCUT2D eigenvalue weighted by molar-refractivity contribution is 5.31. The summed E-state index contributed by atoms with van der Waals surface area (Å²) in [6, 6.07) is 10.1. The minimum Gasteiger partial charge on any atom is -0.374 e. The van der Waals surface area contributed by atoms with E-state index in [2.05, 4.69) is 35.0 Å². The van der Waals surface area contributed by atoms with Crippen LogP contribution in [-0.4, -0.2) is 55.7 Å². The Morgan fingerprint density at radius 3 is 2.73 bits per heavy atom. The van der Waals surface area contributed by atoms with Gasteiger partial charge in [0.25, 0.3) is 0 Å². The molecule has 1 aromatic carbocycles.